The molecule has 0 aromatic carbocycles. The lowest BCUT2D eigenvalue weighted by molar-refractivity contribution is -0.141. The summed E-state index contributed by atoms with van der Waals surface area (Å²) in [5, 5.41) is 3.79. The second kappa shape index (κ2) is 6.28. The van der Waals surface area contributed by atoms with E-state index in [1.807, 2.05) is 13.8 Å². The summed E-state index contributed by atoms with van der Waals surface area (Å²) in [5.41, 5.74) is 8.19. The molecule has 0 aliphatic carbocycles. The van der Waals surface area contributed by atoms with Crippen molar-refractivity contribution in [3.63, 3.8) is 0 Å². The zero-order valence-corrected chi connectivity index (χ0v) is 8.33. The molecule has 13 heavy (non-hydrogen) atoms. The van der Waals surface area contributed by atoms with Crippen LogP contribution in [0, 0.1) is 0 Å². The van der Waals surface area contributed by atoms with Crippen molar-refractivity contribution in [1.29, 1.82) is 0 Å². The first-order chi connectivity index (χ1) is 6.06. The number of nitrogens with one attached hydrogen (secondary N) is 1. The molecule has 0 saturated carbocycles. The van der Waals surface area contributed by atoms with Gasteiger partial charge in [0.1, 0.15) is 12.3 Å². The first-order valence-electron chi connectivity index (χ1n) is 4.29. The highest BCUT2D eigenvalue weighted by atomic mass is 16.5. The van der Waals surface area contributed by atoms with Crippen molar-refractivity contribution in [2.24, 2.45) is 10.8 Å². The van der Waals surface area contributed by atoms with Gasteiger partial charge in [0.25, 0.3) is 0 Å². The van der Waals surface area contributed by atoms with Crippen molar-refractivity contribution in [2.45, 2.75) is 33.2 Å². The van der Waals surface area contributed by atoms with Crippen LogP contribution in [-0.4, -0.2) is 24.5 Å². The van der Waals surface area contributed by atoms with Crippen LogP contribution in [0.4, 0.5) is 0 Å². The molecule has 5 nitrogen and oxygen atoms in total. The summed E-state index contributed by atoms with van der Waals surface area (Å²) in [6, 6.07) is 0.209. The van der Waals surface area contributed by atoms with E-state index in [0.717, 1.165) is 0 Å². The highest BCUT2D eigenvalue weighted by molar-refractivity contribution is 5.96. The summed E-state index contributed by atoms with van der Waals surface area (Å²) < 4.78 is 4.69. The van der Waals surface area contributed by atoms with Crippen LogP contribution < -0.4 is 11.2 Å². The van der Waals surface area contributed by atoms with E-state index in [0.29, 0.717) is 6.61 Å². The Kier molecular flexibility index (Phi) is 5.67. The van der Waals surface area contributed by atoms with Crippen molar-refractivity contribution < 1.29 is 9.53 Å². The molecule has 5 heteroatoms. The Hall–Kier alpha value is -1.26. The van der Waals surface area contributed by atoms with E-state index in [1.165, 1.54) is 0 Å². The second-order valence-electron chi connectivity index (χ2n) is 2.87. The van der Waals surface area contributed by atoms with Crippen LogP contribution in [0.1, 0.15) is 27.2 Å². The molecule has 0 bridgehead atoms. The van der Waals surface area contributed by atoms with Crippen molar-refractivity contribution in [3.05, 3.63) is 0 Å². The fraction of sp³-hybridized carbons (Fsp3) is 0.750. The molecule has 0 radical (unpaired) electrons. The van der Waals surface area contributed by atoms with Gasteiger partial charge in [-0.1, -0.05) is 0 Å². The average Bonchev–Trinajstić information content (AvgIpc) is 2.01. The molecule has 3 N–H and O–H groups in total. The molecule has 0 aliphatic heterocycles. The Morgan fingerprint density at radius 2 is 2.23 bits per heavy atom. The largest absolute Gasteiger partial charge is 0.466 e. The fourth-order valence-corrected chi connectivity index (χ4v) is 0.611. The summed E-state index contributed by atoms with van der Waals surface area (Å²) in [5.74, 6) is -0.110. The minimum atomic E-state index is -0.352. The van der Waals surface area contributed by atoms with Gasteiger partial charge in [0.05, 0.1) is 6.61 Å². The number of hydrogen-bond donors (Lipinski definition) is 2. The maximum atomic E-state index is 10.9. The van der Waals surface area contributed by atoms with Gasteiger partial charge in [-0.25, -0.2) is 0 Å². The highest BCUT2D eigenvalue weighted by Gasteiger charge is 2.04. The van der Waals surface area contributed by atoms with Gasteiger partial charge in [-0.15, -0.1) is 0 Å². The molecule has 0 aromatic rings. The quantitative estimate of drug-likeness (QED) is 0.279. The fourth-order valence-electron chi connectivity index (χ4n) is 0.611. The molecule has 76 valence electrons. The third-order valence-electron chi connectivity index (χ3n) is 1.10. The Morgan fingerprint density at radius 3 is 2.69 bits per heavy atom. The molecule has 0 aromatic heterocycles. The summed E-state index contributed by atoms with van der Waals surface area (Å²) in [7, 11) is 0. The van der Waals surface area contributed by atoms with Gasteiger partial charge in [-0.3, -0.25) is 4.79 Å². The molecule has 0 heterocycles. The van der Waals surface area contributed by atoms with Crippen LogP contribution in [0.15, 0.2) is 5.10 Å². The normalized spacial score (nSPS) is 11.5. The van der Waals surface area contributed by atoms with Crippen LogP contribution in [0.3, 0.4) is 0 Å². The van der Waals surface area contributed by atoms with Gasteiger partial charge in [0.2, 0.25) is 0 Å². The van der Waals surface area contributed by atoms with Gasteiger partial charge in [0, 0.05) is 6.04 Å². The van der Waals surface area contributed by atoms with E-state index >= 15 is 0 Å². The molecule has 0 fully saturated rings. The zero-order valence-electron chi connectivity index (χ0n) is 8.33. The SMILES string of the molecule is CCOC(=O)CC(N)=NNC(C)C. The van der Waals surface area contributed by atoms with Crippen molar-refractivity contribution >= 4 is 11.8 Å². The number of carbonyl (C=O) groups excluding carboxylic acids is 1. The van der Waals surface area contributed by atoms with Crippen molar-refractivity contribution in [1.82, 2.24) is 5.43 Å². The Balaban J connectivity index is 3.77. The molecule has 0 aliphatic rings. The monoisotopic (exact) mass is 187 g/mol. The van der Waals surface area contributed by atoms with Crippen molar-refractivity contribution in [3.8, 4) is 0 Å². The maximum absolute atomic E-state index is 10.9. The van der Waals surface area contributed by atoms with Crippen molar-refractivity contribution in [2.75, 3.05) is 6.61 Å². The van der Waals surface area contributed by atoms with E-state index in [9.17, 15) is 4.79 Å². The molecule has 0 unspecified atom stereocenters. The summed E-state index contributed by atoms with van der Waals surface area (Å²) in [4.78, 5) is 10.9. The Labute approximate surface area is 78.3 Å². The van der Waals surface area contributed by atoms with E-state index in [4.69, 9.17) is 10.5 Å². The number of carbonyl (C=O) groups is 1. The van der Waals surface area contributed by atoms with Gasteiger partial charge in [-0.05, 0) is 20.8 Å². The molecule has 0 spiro atoms. The number of nitrogens with two attached hydrogens (primary N) is 1. The molecule has 0 amide bonds. The summed E-state index contributed by atoms with van der Waals surface area (Å²) >= 11 is 0. The van der Waals surface area contributed by atoms with E-state index < -0.39 is 0 Å². The lowest BCUT2D eigenvalue weighted by Crippen LogP contribution is -2.25. The first-order valence-corrected chi connectivity index (χ1v) is 4.29. The number of rotatable bonds is 5. The smallest absolute Gasteiger partial charge is 0.313 e. The van der Waals surface area contributed by atoms with Crippen LogP contribution in [0.25, 0.3) is 0 Å². The lowest BCUT2D eigenvalue weighted by Gasteiger charge is -2.05. The number of hydrogen-bond acceptors (Lipinski definition) is 4. The van der Waals surface area contributed by atoms with E-state index in [1.54, 1.807) is 6.92 Å². The van der Waals surface area contributed by atoms with Gasteiger partial charge < -0.3 is 15.9 Å². The summed E-state index contributed by atoms with van der Waals surface area (Å²) in [6.07, 6.45) is 0.0353. The molecule has 0 atom stereocenters. The molecular formula is C8H17N3O2. The molecular weight excluding hydrogens is 170 g/mol. The predicted molar refractivity (Wildman–Crippen MR) is 51.1 cm³/mol. The van der Waals surface area contributed by atoms with Crippen LogP contribution in [0.5, 0.6) is 0 Å². The van der Waals surface area contributed by atoms with Gasteiger partial charge in [0.15, 0.2) is 0 Å². The topological polar surface area (TPSA) is 76.7 Å². The van der Waals surface area contributed by atoms with Crippen LogP contribution in [-0.2, 0) is 9.53 Å². The Morgan fingerprint density at radius 1 is 1.62 bits per heavy atom. The average molecular weight is 187 g/mol. The standard InChI is InChI=1S/C8H17N3O2/c1-4-13-8(12)5-7(9)11-10-6(2)3/h6,10H,4-5H2,1-3H3,(H2,9,11). The summed E-state index contributed by atoms with van der Waals surface area (Å²) in [6.45, 7) is 5.98. The third kappa shape index (κ3) is 7.11. The number of ether oxygens (including phenoxy) is 1. The highest BCUT2D eigenvalue weighted by Crippen LogP contribution is 1.86. The third-order valence-corrected chi connectivity index (χ3v) is 1.10. The minimum absolute atomic E-state index is 0.0353. The Bertz CT molecular complexity index is 190. The van der Waals surface area contributed by atoms with Crippen LogP contribution >= 0.6 is 0 Å². The van der Waals surface area contributed by atoms with E-state index in [-0.39, 0.29) is 24.3 Å². The number of amidine groups is 1. The predicted octanol–water partition coefficient (Wildman–Crippen LogP) is 0.210. The first kappa shape index (κ1) is 11.7. The molecule has 0 rings (SSSR count). The van der Waals surface area contributed by atoms with E-state index in [2.05, 4.69) is 10.5 Å². The van der Waals surface area contributed by atoms with Gasteiger partial charge >= 0.3 is 5.97 Å². The van der Waals surface area contributed by atoms with Gasteiger partial charge in [-0.2, -0.15) is 5.10 Å². The lowest BCUT2D eigenvalue weighted by atomic mass is 10.4. The number of hydrazone groups is 1. The zero-order chi connectivity index (χ0) is 10.3. The van der Waals surface area contributed by atoms with Crippen LogP contribution in [0.2, 0.25) is 0 Å². The maximum Gasteiger partial charge on any atom is 0.313 e. The second-order valence-corrected chi connectivity index (χ2v) is 2.87. The number of nitrogens with zero attached hydrogens (tertiary/aromatic N) is 1. The molecule has 0 saturated heterocycles. The minimum Gasteiger partial charge on any atom is -0.466 e. The number of esters is 1.